The molecule has 0 spiro atoms. The molecule has 0 radical (unpaired) electrons. The Morgan fingerprint density at radius 2 is 1.92 bits per heavy atom. The summed E-state index contributed by atoms with van der Waals surface area (Å²) < 4.78 is 18.3. The van der Waals surface area contributed by atoms with Crippen LogP contribution >= 0.6 is 15.9 Å². The van der Waals surface area contributed by atoms with Crippen molar-refractivity contribution in [2.24, 2.45) is 0 Å². The van der Waals surface area contributed by atoms with Gasteiger partial charge in [0.05, 0.1) is 29.9 Å². The molecule has 24 heavy (non-hydrogen) atoms. The predicted octanol–water partition coefficient (Wildman–Crippen LogP) is 2.81. The molecule has 2 aliphatic heterocycles. The molecule has 0 amide bonds. The molecule has 0 aliphatic carbocycles. The molecule has 0 aromatic heterocycles. The van der Waals surface area contributed by atoms with Gasteiger partial charge in [0.1, 0.15) is 0 Å². The smallest absolute Gasteiger partial charge is 0.175 e. The Bertz CT molecular complexity index is 545. The topological polar surface area (TPSA) is 43.0 Å². The van der Waals surface area contributed by atoms with Gasteiger partial charge in [-0.3, -0.25) is 4.90 Å². The van der Waals surface area contributed by atoms with Gasteiger partial charge in [0.2, 0.25) is 0 Å². The standard InChI is InChI=1S/C18H27BrN2O3/c1-13-11-21(12-14(2)24-13)5-4-20-10-15-8-16(19)18-17(9-15)22-6-3-7-23-18/h8-9,13-14,20H,3-7,10-12H2,1-2H3/t13-,14-/m0/s1. The normalized spacial score (nSPS) is 24.6. The van der Waals surface area contributed by atoms with Gasteiger partial charge in [0.25, 0.3) is 0 Å². The van der Waals surface area contributed by atoms with E-state index in [1.54, 1.807) is 0 Å². The van der Waals surface area contributed by atoms with E-state index in [0.717, 1.165) is 55.1 Å². The number of rotatable bonds is 5. The molecule has 5 nitrogen and oxygen atoms in total. The average Bonchev–Trinajstić information content (AvgIpc) is 2.76. The lowest BCUT2D eigenvalue weighted by molar-refractivity contribution is -0.0674. The van der Waals surface area contributed by atoms with Crippen molar-refractivity contribution in [1.29, 1.82) is 0 Å². The molecule has 6 heteroatoms. The van der Waals surface area contributed by atoms with Gasteiger partial charge >= 0.3 is 0 Å². The molecule has 1 aromatic rings. The van der Waals surface area contributed by atoms with Crippen LogP contribution in [0.4, 0.5) is 0 Å². The van der Waals surface area contributed by atoms with Gasteiger partial charge in [-0.2, -0.15) is 0 Å². The van der Waals surface area contributed by atoms with Crippen LogP contribution in [0.1, 0.15) is 25.8 Å². The SMILES string of the molecule is C[C@H]1CN(CCNCc2cc(Br)c3c(c2)OCCCO3)C[C@H](C)O1. The highest BCUT2D eigenvalue weighted by atomic mass is 79.9. The van der Waals surface area contributed by atoms with Crippen LogP contribution in [0.2, 0.25) is 0 Å². The van der Waals surface area contributed by atoms with Crippen LogP contribution < -0.4 is 14.8 Å². The highest BCUT2D eigenvalue weighted by Gasteiger charge is 2.21. The van der Waals surface area contributed by atoms with E-state index in [4.69, 9.17) is 14.2 Å². The summed E-state index contributed by atoms with van der Waals surface area (Å²) in [6.07, 6.45) is 1.57. The van der Waals surface area contributed by atoms with Crippen LogP contribution in [0.15, 0.2) is 16.6 Å². The quantitative estimate of drug-likeness (QED) is 0.772. The van der Waals surface area contributed by atoms with E-state index in [1.807, 2.05) is 0 Å². The number of hydrogen-bond donors (Lipinski definition) is 1. The van der Waals surface area contributed by atoms with Crippen molar-refractivity contribution in [2.75, 3.05) is 39.4 Å². The summed E-state index contributed by atoms with van der Waals surface area (Å²) in [5, 5.41) is 3.53. The van der Waals surface area contributed by atoms with Crippen LogP contribution in [-0.2, 0) is 11.3 Å². The first-order valence-electron chi connectivity index (χ1n) is 8.78. The van der Waals surface area contributed by atoms with Gasteiger partial charge in [-0.15, -0.1) is 0 Å². The fourth-order valence-corrected chi connectivity index (χ4v) is 3.93. The van der Waals surface area contributed by atoms with Crippen molar-refractivity contribution in [3.05, 3.63) is 22.2 Å². The minimum absolute atomic E-state index is 0.325. The first-order chi connectivity index (χ1) is 11.6. The maximum absolute atomic E-state index is 5.79. The molecule has 0 unspecified atom stereocenters. The van der Waals surface area contributed by atoms with Crippen molar-refractivity contribution >= 4 is 15.9 Å². The second-order valence-corrected chi connectivity index (χ2v) is 7.50. The molecule has 1 fully saturated rings. The minimum atomic E-state index is 0.325. The molecule has 2 atom stereocenters. The third kappa shape index (κ3) is 4.85. The third-order valence-electron chi connectivity index (χ3n) is 4.29. The molecule has 3 rings (SSSR count). The van der Waals surface area contributed by atoms with Crippen molar-refractivity contribution in [3.8, 4) is 11.5 Å². The first kappa shape index (κ1) is 18.0. The summed E-state index contributed by atoms with van der Waals surface area (Å²) in [7, 11) is 0. The number of hydrogen-bond acceptors (Lipinski definition) is 5. The van der Waals surface area contributed by atoms with Gasteiger partial charge in [-0.05, 0) is 47.5 Å². The van der Waals surface area contributed by atoms with Gasteiger partial charge in [-0.1, -0.05) is 0 Å². The van der Waals surface area contributed by atoms with Crippen LogP contribution in [0.3, 0.4) is 0 Å². The van der Waals surface area contributed by atoms with Crippen LogP contribution in [0, 0.1) is 0 Å². The Labute approximate surface area is 152 Å². The molecule has 0 saturated carbocycles. The van der Waals surface area contributed by atoms with E-state index in [2.05, 4.69) is 52.1 Å². The number of ether oxygens (including phenoxy) is 3. The summed E-state index contributed by atoms with van der Waals surface area (Å²) in [6, 6.07) is 4.19. The summed E-state index contributed by atoms with van der Waals surface area (Å²) >= 11 is 3.60. The highest BCUT2D eigenvalue weighted by Crippen LogP contribution is 2.38. The minimum Gasteiger partial charge on any atom is -0.490 e. The van der Waals surface area contributed by atoms with E-state index in [1.165, 1.54) is 5.56 Å². The molecule has 1 aromatic carbocycles. The fourth-order valence-electron chi connectivity index (χ4n) is 3.32. The molecule has 1 N–H and O–H groups in total. The number of nitrogens with zero attached hydrogens (tertiary/aromatic N) is 1. The highest BCUT2D eigenvalue weighted by molar-refractivity contribution is 9.10. The lowest BCUT2D eigenvalue weighted by Gasteiger charge is -2.35. The number of nitrogens with one attached hydrogen (secondary N) is 1. The number of benzene rings is 1. The summed E-state index contributed by atoms with van der Waals surface area (Å²) in [6.45, 7) is 10.6. The van der Waals surface area contributed by atoms with Crippen LogP contribution in [0.5, 0.6) is 11.5 Å². The largest absolute Gasteiger partial charge is 0.490 e. The van der Waals surface area contributed by atoms with Crippen molar-refractivity contribution in [2.45, 2.75) is 39.0 Å². The van der Waals surface area contributed by atoms with Gasteiger partial charge in [-0.25, -0.2) is 0 Å². The Balaban J connectivity index is 1.48. The zero-order valence-corrected chi connectivity index (χ0v) is 16.1. The molecule has 134 valence electrons. The summed E-state index contributed by atoms with van der Waals surface area (Å²) in [5.41, 5.74) is 1.20. The first-order valence-corrected chi connectivity index (χ1v) is 9.57. The Kier molecular flexibility index (Phi) is 6.38. The second-order valence-electron chi connectivity index (χ2n) is 6.65. The van der Waals surface area contributed by atoms with Crippen LogP contribution in [0.25, 0.3) is 0 Å². The van der Waals surface area contributed by atoms with Gasteiger partial charge < -0.3 is 19.5 Å². The van der Waals surface area contributed by atoms with Gasteiger partial charge in [0, 0.05) is 39.1 Å². The van der Waals surface area contributed by atoms with Crippen LogP contribution in [-0.4, -0.2) is 56.5 Å². The lowest BCUT2D eigenvalue weighted by atomic mass is 10.2. The Hall–Kier alpha value is -0.820. The predicted molar refractivity (Wildman–Crippen MR) is 97.9 cm³/mol. The maximum Gasteiger partial charge on any atom is 0.175 e. The number of halogens is 1. The second kappa shape index (κ2) is 8.52. The fraction of sp³-hybridized carbons (Fsp3) is 0.667. The third-order valence-corrected chi connectivity index (χ3v) is 4.88. The molecule has 1 saturated heterocycles. The molecular weight excluding hydrogens is 372 g/mol. The number of fused-ring (bicyclic) bond motifs is 1. The Morgan fingerprint density at radius 3 is 2.71 bits per heavy atom. The van der Waals surface area contributed by atoms with Crippen molar-refractivity contribution < 1.29 is 14.2 Å². The monoisotopic (exact) mass is 398 g/mol. The average molecular weight is 399 g/mol. The van der Waals surface area contributed by atoms with Gasteiger partial charge in [0.15, 0.2) is 11.5 Å². The molecule has 2 heterocycles. The van der Waals surface area contributed by atoms with E-state index in [0.29, 0.717) is 25.4 Å². The van der Waals surface area contributed by atoms with Crippen molar-refractivity contribution in [3.63, 3.8) is 0 Å². The zero-order chi connectivity index (χ0) is 16.9. The molecule has 0 bridgehead atoms. The van der Waals surface area contributed by atoms with E-state index in [-0.39, 0.29) is 0 Å². The zero-order valence-electron chi connectivity index (χ0n) is 14.5. The summed E-state index contributed by atoms with van der Waals surface area (Å²) in [5.74, 6) is 1.67. The molecular formula is C18H27BrN2O3. The Morgan fingerprint density at radius 1 is 1.17 bits per heavy atom. The number of morpholine rings is 1. The summed E-state index contributed by atoms with van der Waals surface area (Å²) in [4.78, 5) is 2.47. The van der Waals surface area contributed by atoms with E-state index in [9.17, 15) is 0 Å². The maximum atomic E-state index is 5.79. The lowest BCUT2D eigenvalue weighted by Crippen LogP contribution is -2.47. The molecule has 2 aliphatic rings. The van der Waals surface area contributed by atoms with E-state index >= 15 is 0 Å². The van der Waals surface area contributed by atoms with Crippen molar-refractivity contribution in [1.82, 2.24) is 10.2 Å². The van der Waals surface area contributed by atoms with E-state index < -0.39 is 0 Å².